The van der Waals surface area contributed by atoms with Crippen LogP contribution < -0.4 is 5.73 Å². The van der Waals surface area contributed by atoms with Crippen molar-refractivity contribution in [2.45, 2.75) is 33.1 Å². The molecule has 5 nitrogen and oxygen atoms in total. The highest BCUT2D eigenvalue weighted by atomic mass is 16.5. The standard InChI is InChI=1S/C13H27N3O2/c1-13(2,12(14)15-17)6-7-16(3)10-11-4-8-18-9-5-11/h11,17H,4-10H2,1-3H3,(H2,14,15). The minimum Gasteiger partial charge on any atom is -0.409 e. The van der Waals surface area contributed by atoms with Crippen LogP contribution in [0.15, 0.2) is 5.16 Å². The number of ether oxygens (including phenoxy) is 1. The van der Waals surface area contributed by atoms with Gasteiger partial charge < -0.3 is 20.6 Å². The molecule has 1 fully saturated rings. The fraction of sp³-hybridized carbons (Fsp3) is 0.923. The Balaban J connectivity index is 2.29. The van der Waals surface area contributed by atoms with E-state index in [1.807, 2.05) is 13.8 Å². The van der Waals surface area contributed by atoms with E-state index in [0.717, 1.165) is 51.5 Å². The van der Waals surface area contributed by atoms with E-state index in [0.29, 0.717) is 5.84 Å². The first-order valence-corrected chi connectivity index (χ1v) is 6.70. The molecule has 0 unspecified atom stereocenters. The largest absolute Gasteiger partial charge is 0.409 e. The lowest BCUT2D eigenvalue weighted by atomic mass is 9.87. The highest BCUT2D eigenvalue weighted by Crippen LogP contribution is 2.22. The summed E-state index contributed by atoms with van der Waals surface area (Å²) in [6.45, 7) is 7.87. The van der Waals surface area contributed by atoms with Gasteiger partial charge in [0.2, 0.25) is 0 Å². The summed E-state index contributed by atoms with van der Waals surface area (Å²) in [4.78, 5) is 2.34. The second-order valence-corrected chi connectivity index (χ2v) is 5.94. The Morgan fingerprint density at radius 3 is 2.61 bits per heavy atom. The Morgan fingerprint density at radius 1 is 1.44 bits per heavy atom. The van der Waals surface area contributed by atoms with E-state index in [2.05, 4.69) is 17.1 Å². The van der Waals surface area contributed by atoms with Crippen molar-refractivity contribution >= 4 is 5.84 Å². The Morgan fingerprint density at radius 2 is 2.06 bits per heavy atom. The lowest BCUT2D eigenvalue weighted by Gasteiger charge is -2.30. The normalized spacial score (nSPS) is 19.4. The molecule has 1 rings (SSSR count). The van der Waals surface area contributed by atoms with Crippen molar-refractivity contribution in [2.24, 2.45) is 22.2 Å². The van der Waals surface area contributed by atoms with Crippen molar-refractivity contribution < 1.29 is 9.94 Å². The Labute approximate surface area is 110 Å². The number of nitrogens with two attached hydrogens (primary N) is 1. The summed E-state index contributed by atoms with van der Waals surface area (Å²) < 4.78 is 5.36. The average Bonchev–Trinajstić information content (AvgIpc) is 2.36. The monoisotopic (exact) mass is 257 g/mol. The Bertz CT molecular complexity index is 273. The van der Waals surface area contributed by atoms with Gasteiger partial charge in [0.25, 0.3) is 0 Å². The van der Waals surface area contributed by atoms with E-state index in [-0.39, 0.29) is 5.41 Å². The first kappa shape index (κ1) is 15.2. The molecule has 3 N–H and O–H groups in total. The van der Waals surface area contributed by atoms with Crippen molar-refractivity contribution in [3.05, 3.63) is 0 Å². The maximum absolute atomic E-state index is 8.73. The number of hydrogen-bond donors (Lipinski definition) is 2. The lowest BCUT2D eigenvalue weighted by molar-refractivity contribution is 0.0550. The van der Waals surface area contributed by atoms with Crippen LogP contribution in [0.3, 0.4) is 0 Å². The van der Waals surface area contributed by atoms with Gasteiger partial charge in [0.1, 0.15) is 5.84 Å². The van der Waals surface area contributed by atoms with Crippen LogP contribution in [0.5, 0.6) is 0 Å². The summed E-state index contributed by atoms with van der Waals surface area (Å²) in [5, 5.41) is 11.8. The van der Waals surface area contributed by atoms with Gasteiger partial charge in [-0.25, -0.2) is 0 Å². The maximum atomic E-state index is 8.73. The quantitative estimate of drug-likeness (QED) is 0.327. The summed E-state index contributed by atoms with van der Waals surface area (Å²) in [5.41, 5.74) is 5.43. The predicted octanol–water partition coefficient (Wildman–Crippen LogP) is 1.51. The molecular weight excluding hydrogens is 230 g/mol. The molecule has 0 aromatic carbocycles. The summed E-state index contributed by atoms with van der Waals surface area (Å²) in [6.07, 6.45) is 3.21. The summed E-state index contributed by atoms with van der Waals surface area (Å²) >= 11 is 0. The lowest BCUT2D eigenvalue weighted by Crippen LogP contribution is -2.37. The van der Waals surface area contributed by atoms with Crippen molar-refractivity contribution in [1.29, 1.82) is 0 Å². The topological polar surface area (TPSA) is 71.1 Å². The van der Waals surface area contributed by atoms with Gasteiger partial charge in [-0.15, -0.1) is 0 Å². The van der Waals surface area contributed by atoms with Gasteiger partial charge in [-0.1, -0.05) is 19.0 Å². The summed E-state index contributed by atoms with van der Waals surface area (Å²) in [7, 11) is 2.14. The zero-order valence-electron chi connectivity index (χ0n) is 11.9. The smallest absolute Gasteiger partial charge is 0.144 e. The second-order valence-electron chi connectivity index (χ2n) is 5.94. The summed E-state index contributed by atoms with van der Waals surface area (Å²) in [6, 6.07) is 0. The minimum atomic E-state index is -0.251. The molecule has 1 saturated heterocycles. The molecule has 0 bridgehead atoms. The van der Waals surface area contributed by atoms with E-state index in [9.17, 15) is 0 Å². The third-order valence-electron chi connectivity index (χ3n) is 3.83. The third-order valence-corrected chi connectivity index (χ3v) is 3.83. The minimum absolute atomic E-state index is 0.251. The van der Waals surface area contributed by atoms with Gasteiger partial charge in [0.05, 0.1) is 0 Å². The summed E-state index contributed by atoms with van der Waals surface area (Å²) in [5.74, 6) is 1.05. The molecule has 0 saturated carbocycles. The van der Waals surface area contributed by atoms with Crippen LogP contribution in [0, 0.1) is 11.3 Å². The van der Waals surface area contributed by atoms with Gasteiger partial charge in [-0.05, 0) is 38.8 Å². The molecule has 5 heteroatoms. The van der Waals surface area contributed by atoms with Crippen molar-refractivity contribution in [1.82, 2.24) is 4.90 Å². The van der Waals surface area contributed by atoms with E-state index >= 15 is 0 Å². The van der Waals surface area contributed by atoms with Crippen LogP contribution in [-0.2, 0) is 4.74 Å². The molecule has 1 aliphatic rings. The van der Waals surface area contributed by atoms with Crippen LogP contribution in [-0.4, -0.2) is 49.3 Å². The van der Waals surface area contributed by atoms with Crippen LogP contribution in [0.2, 0.25) is 0 Å². The fourth-order valence-electron chi connectivity index (χ4n) is 2.19. The zero-order chi connectivity index (χ0) is 13.6. The number of amidine groups is 1. The van der Waals surface area contributed by atoms with E-state index in [4.69, 9.17) is 15.7 Å². The molecule has 0 atom stereocenters. The molecular formula is C13H27N3O2. The van der Waals surface area contributed by atoms with Crippen molar-refractivity contribution in [3.63, 3.8) is 0 Å². The number of nitrogens with zero attached hydrogens (tertiary/aromatic N) is 2. The number of rotatable bonds is 6. The van der Waals surface area contributed by atoms with Crippen LogP contribution in [0.1, 0.15) is 33.1 Å². The fourth-order valence-corrected chi connectivity index (χ4v) is 2.19. The number of hydrogen-bond acceptors (Lipinski definition) is 4. The first-order valence-electron chi connectivity index (χ1n) is 6.70. The van der Waals surface area contributed by atoms with Crippen molar-refractivity contribution in [3.8, 4) is 0 Å². The van der Waals surface area contributed by atoms with Crippen LogP contribution >= 0.6 is 0 Å². The number of oxime groups is 1. The molecule has 0 aromatic heterocycles. The highest BCUT2D eigenvalue weighted by Gasteiger charge is 2.24. The molecule has 1 aliphatic heterocycles. The molecule has 1 heterocycles. The van der Waals surface area contributed by atoms with Gasteiger partial charge in [0, 0.05) is 25.2 Å². The molecule has 106 valence electrons. The molecule has 0 amide bonds. The molecule has 0 aromatic rings. The van der Waals surface area contributed by atoms with Gasteiger partial charge in [-0.2, -0.15) is 0 Å². The molecule has 0 radical (unpaired) electrons. The van der Waals surface area contributed by atoms with Crippen LogP contribution in [0.4, 0.5) is 0 Å². The van der Waals surface area contributed by atoms with Gasteiger partial charge in [-0.3, -0.25) is 0 Å². The Hall–Kier alpha value is -0.810. The highest BCUT2D eigenvalue weighted by molar-refractivity contribution is 5.85. The molecule has 18 heavy (non-hydrogen) atoms. The van der Waals surface area contributed by atoms with Crippen LogP contribution in [0.25, 0.3) is 0 Å². The predicted molar refractivity (Wildman–Crippen MR) is 72.8 cm³/mol. The molecule has 0 aliphatic carbocycles. The van der Waals surface area contributed by atoms with E-state index < -0.39 is 0 Å². The third kappa shape index (κ3) is 4.82. The van der Waals surface area contributed by atoms with Gasteiger partial charge in [0.15, 0.2) is 0 Å². The SMILES string of the molecule is CN(CCC(C)(C)C(N)=NO)CC1CCOCC1. The Kier molecular flexibility index (Phi) is 5.88. The van der Waals surface area contributed by atoms with Gasteiger partial charge >= 0.3 is 0 Å². The van der Waals surface area contributed by atoms with E-state index in [1.54, 1.807) is 0 Å². The second kappa shape index (κ2) is 6.95. The first-order chi connectivity index (χ1) is 8.45. The van der Waals surface area contributed by atoms with Crippen molar-refractivity contribution in [2.75, 3.05) is 33.4 Å². The maximum Gasteiger partial charge on any atom is 0.144 e. The molecule has 0 spiro atoms. The average molecular weight is 257 g/mol. The zero-order valence-corrected chi connectivity index (χ0v) is 11.9. The van der Waals surface area contributed by atoms with E-state index in [1.165, 1.54) is 0 Å².